The normalized spacial score (nSPS) is 18.2. The van der Waals surface area contributed by atoms with Gasteiger partial charge < -0.3 is 10.6 Å². The third-order valence-corrected chi connectivity index (χ3v) is 5.47. The minimum absolute atomic E-state index is 0. The summed E-state index contributed by atoms with van der Waals surface area (Å²) in [5.41, 5.74) is 1.41. The van der Waals surface area contributed by atoms with Crippen LogP contribution < -0.4 is 10.6 Å². The van der Waals surface area contributed by atoms with Crippen molar-refractivity contribution in [1.82, 2.24) is 15.5 Å². The molecule has 2 N–H and O–H groups in total. The van der Waals surface area contributed by atoms with Gasteiger partial charge in [-0.2, -0.15) is 11.8 Å². The van der Waals surface area contributed by atoms with Crippen molar-refractivity contribution in [3.05, 3.63) is 35.9 Å². The summed E-state index contributed by atoms with van der Waals surface area (Å²) in [7, 11) is 1.86. The number of guanidine groups is 1. The van der Waals surface area contributed by atoms with E-state index in [1.54, 1.807) is 0 Å². The largest absolute Gasteiger partial charge is 0.356 e. The fraction of sp³-hybridized carbons (Fsp3) is 0.650. The number of rotatable bonds is 9. The first kappa shape index (κ1) is 23.6. The molecule has 0 aromatic heterocycles. The summed E-state index contributed by atoms with van der Waals surface area (Å²) in [5, 5.41) is 6.98. The van der Waals surface area contributed by atoms with E-state index < -0.39 is 0 Å². The fourth-order valence-electron chi connectivity index (χ4n) is 3.33. The van der Waals surface area contributed by atoms with Crippen LogP contribution in [-0.2, 0) is 6.54 Å². The monoisotopic (exact) mass is 490 g/mol. The fourth-order valence-corrected chi connectivity index (χ4v) is 3.82. The van der Waals surface area contributed by atoms with Crippen LogP contribution in [0.2, 0.25) is 0 Å². The lowest BCUT2D eigenvalue weighted by Crippen LogP contribution is -2.48. The van der Waals surface area contributed by atoms with Crippen molar-refractivity contribution in [1.29, 1.82) is 0 Å². The summed E-state index contributed by atoms with van der Waals surface area (Å²) < 4.78 is 0. The smallest absolute Gasteiger partial charge is 0.191 e. The van der Waals surface area contributed by atoms with Gasteiger partial charge in [0, 0.05) is 32.7 Å². The highest BCUT2D eigenvalue weighted by Gasteiger charge is 2.22. The third-order valence-electron chi connectivity index (χ3n) is 4.77. The first-order chi connectivity index (χ1) is 12.3. The summed E-state index contributed by atoms with van der Waals surface area (Å²) in [4.78, 5) is 6.99. The second kappa shape index (κ2) is 14.6. The highest BCUT2D eigenvalue weighted by Crippen LogP contribution is 2.19. The standard InChI is InChI=1S/C20H34N4S.HI/c1-21-20(22-13-7-9-15-25-2)23-16-19-12-6-8-14-24(19)17-18-10-4-3-5-11-18;/h3-5,10-11,19H,6-9,12-17H2,1-2H3,(H2,21,22,23);1H. The maximum absolute atomic E-state index is 4.37. The van der Waals surface area contributed by atoms with Gasteiger partial charge in [-0.1, -0.05) is 36.8 Å². The van der Waals surface area contributed by atoms with Gasteiger partial charge in [0.05, 0.1) is 0 Å². The zero-order chi connectivity index (χ0) is 17.7. The van der Waals surface area contributed by atoms with Gasteiger partial charge in [0.15, 0.2) is 5.96 Å². The van der Waals surface area contributed by atoms with Crippen LogP contribution in [0.3, 0.4) is 0 Å². The molecule has 1 aromatic rings. The van der Waals surface area contributed by atoms with Crippen LogP contribution in [0.15, 0.2) is 35.3 Å². The summed E-state index contributed by atoms with van der Waals surface area (Å²) in [6.45, 7) is 4.21. The van der Waals surface area contributed by atoms with Gasteiger partial charge in [-0.15, -0.1) is 24.0 Å². The van der Waals surface area contributed by atoms with Gasteiger partial charge in [0.2, 0.25) is 0 Å². The van der Waals surface area contributed by atoms with Crippen LogP contribution in [0.5, 0.6) is 0 Å². The first-order valence-corrected chi connectivity index (χ1v) is 10.9. The molecule has 0 amide bonds. The zero-order valence-corrected chi connectivity index (χ0v) is 19.4. The molecule has 4 nitrogen and oxygen atoms in total. The Balaban J connectivity index is 0.00000338. The van der Waals surface area contributed by atoms with Gasteiger partial charge in [-0.25, -0.2) is 0 Å². The van der Waals surface area contributed by atoms with Gasteiger partial charge in [0.25, 0.3) is 0 Å². The number of likely N-dealkylation sites (tertiary alicyclic amines) is 1. The topological polar surface area (TPSA) is 39.7 Å². The number of hydrogen-bond acceptors (Lipinski definition) is 3. The molecule has 0 radical (unpaired) electrons. The number of piperidine rings is 1. The molecule has 148 valence electrons. The van der Waals surface area contributed by atoms with Crippen LogP contribution >= 0.6 is 35.7 Å². The van der Waals surface area contributed by atoms with E-state index in [-0.39, 0.29) is 24.0 Å². The number of nitrogens with one attached hydrogen (secondary N) is 2. The average molecular weight is 490 g/mol. The van der Waals surface area contributed by atoms with Gasteiger partial charge in [-0.05, 0) is 49.8 Å². The van der Waals surface area contributed by atoms with Crippen molar-refractivity contribution >= 4 is 41.7 Å². The predicted octanol–water partition coefficient (Wildman–Crippen LogP) is 3.97. The summed E-state index contributed by atoms with van der Waals surface area (Å²) in [5.74, 6) is 2.18. The molecule has 1 aliphatic rings. The Morgan fingerprint density at radius 2 is 2.00 bits per heavy atom. The molecule has 0 aliphatic carbocycles. The Labute approximate surface area is 181 Å². The summed E-state index contributed by atoms with van der Waals surface area (Å²) in [6.07, 6.45) is 8.54. The molecule has 1 heterocycles. The quantitative estimate of drug-likeness (QED) is 0.238. The third kappa shape index (κ3) is 8.95. The first-order valence-electron chi connectivity index (χ1n) is 9.55. The Hall–Kier alpha value is -0.470. The summed E-state index contributed by atoms with van der Waals surface area (Å²) in [6, 6.07) is 11.4. The molecule has 1 unspecified atom stereocenters. The zero-order valence-electron chi connectivity index (χ0n) is 16.2. The van der Waals surface area contributed by atoms with E-state index in [9.17, 15) is 0 Å². The number of nitrogens with zero attached hydrogens (tertiary/aromatic N) is 2. The molecule has 0 bridgehead atoms. The number of thioether (sulfide) groups is 1. The van der Waals surface area contributed by atoms with E-state index in [0.717, 1.165) is 25.6 Å². The summed E-state index contributed by atoms with van der Waals surface area (Å²) >= 11 is 1.92. The maximum Gasteiger partial charge on any atom is 0.191 e. The lowest BCUT2D eigenvalue weighted by molar-refractivity contribution is 0.141. The number of benzene rings is 1. The Morgan fingerprint density at radius 3 is 2.73 bits per heavy atom. The van der Waals surface area contributed by atoms with Gasteiger partial charge in [-0.3, -0.25) is 9.89 Å². The van der Waals surface area contributed by atoms with Crippen LogP contribution in [-0.4, -0.2) is 55.6 Å². The van der Waals surface area contributed by atoms with E-state index >= 15 is 0 Å². The van der Waals surface area contributed by atoms with Crippen LogP contribution in [0.25, 0.3) is 0 Å². The number of unbranched alkanes of at least 4 members (excludes halogenated alkanes) is 1. The minimum atomic E-state index is 0. The molecule has 1 saturated heterocycles. The molecule has 2 rings (SSSR count). The number of halogens is 1. The molecular formula is C20H35IN4S. The molecule has 1 aliphatic heterocycles. The number of hydrogen-bond donors (Lipinski definition) is 2. The van der Waals surface area contributed by atoms with Crippen LogP contribution in [0, 0.1) is 0 Å². The molecule has 1 aromatic carbocycles. The van der Waals surface area contributed by atoms with Crippen LogP contribution in [0.1, 0.15) is 37.7 Å². The van der Waals surface area contributed by atoms with E-state index in [1.165, 1.54) is 50.0 Å². The SMILES string of the molecule is CN=C(NCCCCSC)NCC1CCCCN1Cc1ccccc1.I. The maximum atomic E-state index is 4.37. The molecule has 0 spiro atoms. The van der Waals surface area contributed by atoms with Crippen molar-refractivity contribution in [3.63, 3.8) is 0 Å². The van der Waals surface area contributed by atoms with Crippen molar-refractivity contribution < 1.29 is 0 Å². The van der Waals surface area contributed by atoms with E-state index in [4.69, 9.17) is 0 Å². The molecule has 1 fully saturated rings. The molecule has 26 heavy (non-hydrogen) atoms. The molecule has 1 atom stereocenters. The number of aliphatic imine (C=N–C) groups is 1. The van der Waals surface area contributed by atoms with E-state index in [1.807, 2.05) is 18.8 Å². The van der Waals surface area contributed by atoms with E-state index in [0.29, 0.717) is 6.04 Å². The molecular weight excluding hydrogens is 455 g/mol. The van der Waals surface area contributed by atoms with E-state index in [2.05, 4.69) is 57.1 Å². The van der Waals surface area contributed by atoms with Crippen LogP contribution in [0.4, 0.5) is 0 Å². The molecule has 0 saturated carbocycles. The Bertz CT molecular complexity index is 498. The average Bonchev–Trinajstić information content (AvgIpc) is 2.66. The second-order valence-corrected chi connectivity index (χ2v) is 7.67. The Kier molecular flexibility index (Phi) is 13.2. The Morgan fingerprint density at radius 1 is 1.19 bits per heavy atom. The lowest BCUT2D eigenvalue weighted by Gasteiger charge is -2.36. The van der Waals surface area contributed by atoms with Crippen molar-refractivity contribution in [2.24, 2.45) is 4.99 Å². The minimum Gasteiger partial charge on any atom is -0.356 e. The highest BCUT2D eigenvalue weighted by atomic mass is 127. The molecule has 6 heteroatoms. The van der Waals surface area contributed by atoms with Crippen molar-refractivity contribution in [2.75, 3.05) is 38.7 Å². The van der Waals surface area contributed by atoms with Gasteiger partial charge in [0.1, 0.15) is 0 Å². The lowest BCUT2D eigenvalue weighted by atomic mass is 10.0. The highest BCUT2D eigenvalue weighted by molar-refractivity contribution is 14.0. The van der Waals surface area contributed by atoms with Gasteiger partial charge >= 0.3 is 0 Å². The van der Waals surface area contributed by atoms with Crippen molar-refractivity contribution in [3.8, 4) is 0 Å². The second-order valence-electron chi connectivity index (χ2n) is 6.69. The van der Waals surface area contributed by atoms with Crippen molar-refractivity contribution in [2.45, 2.75) is 44.7 Å². The predicted molar refractivity (Wildman–Crippen MR) is 127 cm³/mol.